The van der Waals surface area contributed by atoms with Gasteiger partial charge in [0.2, 0.25) is 0 Å². The zero-order valence-electron chi connectivity index (χ0n) is 31.8. The number of aryl methyl sites for hydroxylation is 1. The number of carbonyl (C=O) groups is 1. The van der Waals surface area contributed by atoms with E-state index in [1.807, 2.05) is 42.5 Å². The number of fused-ring (bicyclic) bond motifs is 1. The summed E-state index contributed by atoms with van der Waals surface area (Å²) in [6.45, 7) is 14.3. The lowest BCUT2D eigenvalue weighted by Crippen LogP contribution is -2.50. The zero-order valence-corrected chi connectivity index (χ0v) is 32.8. The van der Waals surface area contributed by atoms with Crippen LogP contribution < -0.4 is 14.8 Å². The van der Waals surface area contributed by atoms with Crippen molar-refractivity contribution in [3.8, 4) is 22.6 Å². The SMILES string of the molecule is CC(C)(C)[Si](C)(C)O[C@H](COc1ccccc1)CN(Cc1ccccc1)C[C@H]1CCc2cc(-c3ccnc(C(=O)NC4CCCCC4)c3)ccc2O1. The first-order valence-corrected chi connectivity index (χ1v) is 22.1. The van der Waals surface area contributed by atoms with Gasteiger partial charge in [0.25, 0.3) is 5.91 Å². The molecule has 4 aromatic rings. The van der Waals surface area contributed by atoms with Crippen LogP contribution in [0.25, 0.3) is 11.1 Å². The number of benzene rings is 3. The fourth-order valence-electron chi connectivity index (χ4n) is 7.04. The lowest BCUT2D eigenvalue weighted by Gasteiger charge is -2.41. The number of ether oxygens (including phenoxy) is 2. The topological polar surface area (TPSA) is 72.9 Å². The van der Waals surface area contributed by atoms with E-state index in [9.17, 15) is 4.79 Å². The van der Waals surface area contributed by atoms with Crippen molar-refractivity contribution in [2.45, 2.75) is 109 Å². The molecule has 52 heavy (non-hydrogen) atoms. The molecule has 1 aromatic heterocycles. The highest BCUT2D eigenvalue weighted by atomic mass is 28.4. The van der Waals surface area contributed by atoms with Gasteiger partial charge in [0, 0.05) is 31.9 Å². The molecule has 1 amide bonds. The summed E-state index contributed by atoms with van der Waals surface area (Å²) in [6, 6.07) is 31.3. The Morgan fingerprint density at radius 1 is 0.923 bits per heavy atom. The molecule has 2 heterocycles. The fraction of sp³-hybridized carbons (Fsp3) is 0.455. The van der Waals surface area contributed by atoms with Crippen molar-refractivity contribution in [2.75, 3.05) is 19.7 Å². The first kappa shape index (κ1) is 37.8. The fourth-order valence-corrected chi connectivity index (χ4v) is 8.37. The van der Waals surface area contributed by atoms with Gasteiger partial charge in [-0.3, -0.25) is 14.7 Å². The highest BCUT2D eigenvalue weighted by Crippen LogP contribution is 2.38. The molecular formula is C44H57N3O4Si. The molecule has 0 spiro atoms. The van der Waals surface area contributed by atoms with Gasteiger partial charge in [-0.05, 0) is 102 Å². The molecule has 3 aromatic carbocycles. The molecule has 8 heteroatoms. The van der Waals surface area contributed by atoms with Gasteiger partial charge in [-0.15, -0.1) is 0 Å². The first-order chi connectivity index (χ1) is 25.0. The molecule has 6 rings (SSSR count). The maximum Gasteiger partial charge on any atom is 0.270 e. The highest BCUT2D eigenvalue weighted by molar-refractivity contribution is 6.74. The molecule has 2 aliphatic rings. The lowest BCUT2D eigenvalue weighted by atomic mass is 9.95. The number of hydrogen-bond acceptors (Lipinski definition) is 6. The average molecular weight is 720 g/mol. The van der Waals surface area contributed by atoms with Crippen LogP contribution in [0.3, 0.4) is 0 Å². The monoisotopic (exact) mass is 719 g/mol. The Kier molecular flexibility index (Phi) is 12.5. The summed E-state index contributed by atoms with van der Waals surface area (Å²) in [5.74, 6) is 1.71. The summed E-state index contributed by atoms with van der Waals surface area (Å²) in [6.07, 6.45) is 9.24. The van der Waals surface area contributed by atoms with E-state index in [0.717, 1.165) is 67.9 Å². The number of amides is 1. The van der Waals surface area contributed by atoms with Crippen molar-refractivity contribution in [2.24, 2.45) is 0 Å². The second-order valence-electron chi connectivity index (χ2n) is 16.1. The largest absolute Gasteiger partial charge is 0.491 e. The Hall–Kier alpha value is -3.98. The van der Waals surface area contributed by atoms with Crippen LogP contribution in [0.1, 0.15) is 80.9 Å². The standard InChI is InChI=1S/C44H57N3O4Si/c1-44(2,3)52(4,5)51-40(32-49-38-19-13-8-14-20-38)31-47(29-33-15-9-6-10-16-33)30-39-23-21-36-27-34(22-24-42(36)50-39)35-25-26-45-41(28-35)43(48)46-37-17-11-7-12-18-37/h6,8-10,13-16,19-20,22,24-28,37,39-40H,7,11-12,17-18,21,23,29-32H2,1-5H3,(H,46,48)/t39-,40+/m1/s1. The van der Waals surface area contributed by atoms with E-state index in [1.165, 1.54) is 30.4 Å². The Labute approximate surface area is 312 Å². The minimum Gasteiger partial charge on any atom is -0.491 e. The van der Waals surface area contributed by atoms with Gasteiger partial charge in [-0.25, -0.2) is 0 Å². The van der Waals surface area contributed by atoms with Crippen molar-refractivity contribution in [3.63, 3.8) is 0 Å². The molecule has 1 fully saturated rings. The van der Waals surface area contributed by atoms with E-state index in [4.69, 9.17) is 13.9 Å². The Balaban J connectivity index is 1.15. The van der Waals surface area contributed by atoms with E-state index >= 15 is 0 Å². The summed E-state index contributed by atoms with van der Waals surface area (Å²) < 4.78 is 20.1. The highest BCUT2D eigenvalue weighted by Gasteiger charge is 2.40. The van der Waals surface area contributed by atoms with Crippen LogP contribution in [-0.2, 0) is 17.4 Å². The number of pyridine rings is 1. The van der Waals surface area contributed by atoms with Gasteiger partial charge in [0.1, 0.15) is 29.9 Å². The Bertz CT molecular complexity index is 1740. The van der Waals surface area contributed by atoms with Crippen molar-refractivity contribution < 1.29 is 18.7 Å². The number of nitrogens with one attached hydrogen (secondary N) is 1. The molecule has 1 aliphatic heterocycles. The molecule has 7 nitrogen and oxygen atoms in total. The number of aromatic nitrogens is 1. The van der Waals surface area contributed by atoms with Gasteiger partial charge in [-0.1, -0.05) is 94.6 Å². The van der Waals surface area contributed by atoms with E-state index in [0.29, 0.717) is 12.3 Å². The second-order valence-corrected chi connectivity index (χ2v) is 20.9. The Morgan fingerprint density at radius 3 is 2.37 bits per heavy atom. The first-order valence-electron chi connectivity index (χ1n) is 19.2. The van der Waals surface area contributed by atoms with Crippen LogP contribution in [0.5, 0.6) is 11.5 Å². The smallest absolute Gasteiger partial charge is 0.270 e. The van der Waals surface area contributed by atoms with Crippen LogP contribution in [-0.4, -0.2) is 62.1 Å². The molecule has 0 saturated heterocycles. The summed E-state index contributed by atoms with van der Waals surface area (Å²) in [4.78, 5) is 19.9. The third-order valence-corrected chi connectivity index (χ3v) is 15.5. The summed E-state index contributed by atoms with van der Waals surface area (Å²) in [7, 11) is -2.08. The van der Waals surface area contributed by atoms with Gasteiger partial charge in [0.05, 0.1) is 6.10 Å². The molecule has 0 bridgehead atoms. The maximum atomic E-state index is 13.0. The summed E-state index contributed by atoms with van der Waals surface area (Å²) in [5, 5.41) is 3.28. The lowest BCUT2D eigenvalue weighted by molar-refractivity contribution is 0.0489. The zero-order chi connectivity index (χ0) is 36.6. The molecule has 0 unspecified atom stereocenters. The van der Waals surface area contributed by atoms with Crippen LogP contribution in [0, 0.1) is 0 Å². The van der Waals surface area contributed by atoms with Gasteiger partial charge in [0.15, 0.2) is 8.32 Å². The third-order valence-electron chi connectivity index (χ3n) is 11.0. The van der Waals surface area contributed by atoms with Crippen LogP contribution in [0.15, 0.2) is 97.2 Å². The maximum absolute atomic E-state index is 13.0. The van der Waals surface area contributed by atoms with E-state index in [-0.39, 0.29) is 29.2 Å². The number of nitrogens with zero attached hydrogens (tertiary/aromatic N) is 2. The second kappa shape index (κ2) is 17.2. The number of hydrogen-bond donors (Lipinski definition) is 1. The van der Waals surface area contributed by atoms with Crippen molar-refractivity contribution in [1.29, 1.82) is 0 Å². The van der Waals surface area contributed by atoms with E-state index in [2.05, 4.69) is 97.6 Å². The van der Waals surface area contributed by atoms with Crippen LogP contribution in [0.2, 0.25) is 18.1 Å². The predicted octanol–water partition coefficient (Wildman–Crippen LogP) is 9.48. The summed E-state index contributed by atoms with van der Waals surface area (Å²) in [5.41, 5.74) is 5.00. The van der Waals surface area contributed by atoms with Crippen LogP contribution >= 0.6 is 0 Å². The number of rotatable bonds is 14. The summed E-state index contributed by atoms with van der Waals surface area (Å²) >= 11 is 0. The molecule has 1 N–H and O–H groups in total. The third kappa shape index (κ3) is 10.3. The van der Waals surface area contributed by atoms with E-state index in [1.54, 1.807) is 6.20 Å². The number of carbonyl (C=O) groups excluding carboxylic acids is 1. The molecule has 2 atom stereocenters. The normalized spacial score (nSPS) is 17.2. The van der Waals surface area contributed by atoms with Crippen LogP contribution in [0.4, 0.5) is 0 Å². The predicted molar refractivity (Wildman–Crippen MR) is 212 cm³/mol. The van der Waals surface area contributed by atoms with Gasteiger partial charge < -0.3 is 19.2 Å². The molecular weight excluding hydrogens is 663 g/mol. The number of para-hydroxylation sites is 1. The molecule has 1 aliphatic carbocycles. The molecule has 1 saturated carbocycles. The quantitative estimate of drug-likeness (QED) is 0.131. The molecule has 0 radical (unpaired) electrons. The average Bonchev–Trinajstić information content (AvgIpc) is 3.14. The minimum atomic E-state index is -2.08. The Morgan fingerprint density at radius 2 is 1.63 bits per heavy atom. The minimum absolute atomic E-state index is 0.0432. The van der Waals surface area contributed by atoms with Crippen molar-refractivity contribution >= 4 is 14.2 Å². The molecule has 276 valence electrons. The van der Waals surface area contributed by atoms with Gasteiger partial charge >= 0.3 is 0 Å². The van der Waals surface area contributed by atoms with Crippen molar-refractivity contribution in [3.05, 3.63) is 114 Å². The van der Waals surface area contributed by atoms with Crippen molar-refractivity contribution in [1.82, 2.24) is 15.2 Å². The van der Waals surface area contributed by atoms with Gasteiger partial charge in [-0.2, -0.15) is 0 Å². The van der Waals surface area contributed by atoms with E-state index < -0.39 is 8.32 Å².